The summed E-state index contributed by atoms with van der Waals surface area (Å²) in [4.78, 5) is 16.3. The Morgan fingerprint density at radius 3 is 2.64 bits per heavy atom. The highest BCUT2D eigenvalue weighted by Crippen LogP contribution is 2.20. The summed E-state index contributed by atoms with van der Waals surface area (Å²) in [6, 6.07) is 21.4. The molecule has 3 aromatic rings. The van der Waals surface area contributed by atoms with Crippen LogP contribution in [0.2, 0.25) is 0 Å². The van der Waals surface area contributed by atoms with Gasteiger partial charge >= 0.3 is 0 Å². The molecule has 0 saturated carbocycles. The van der Waals surface area contributed by atoms with E-state index in [4.69, 9.17) is 10.00 Å². The molecule has 1 heterocycles. The molecule has 25 heavy (non-hydrogen) atoms. The molecule has 5 nitrogen and oxygen atoms in total. The van der Waals surface area contributed by atoms with Crippen molar-refractivity contribution in [1.82, 2.24) is 10.3 Å². The predicted octanol–water partition coefficient (Wildman–Crippen LogP) is 3.68. The summed E-state index contributed by atoms with van der Waals surface area (Å²) < 4.78 is 5.68. The summed E-state index contributed by atoms with van der Waals surface area (Å²) in [5.41, 5.74) is 1.95. The number of ether oxygens (including phenoxy) is 1. The van der Waals surface area contributed by atoms with E-state index < -0.39 is 0 Å². The third kappa shape index (κ3) is 4.43. The van der Waals surface area contributed by atoms with Gasteiger partial charge in [-0.25, -0.2) is 4.98 Å². The predicted molar refractivity (Wildman–Crippen MR) is 93.1 cm³/mol. The van der Waals surface area contributed by atoms with Gasteiger partial charge in [0.1, 0.15) is 5.75 Å². The molecule has 0 spiro atoms. The Hall–Kier alpha value is -3.65. The molecule has 0 bridgehead atoms. The normalized spacial score (nSPS) is 9.88. The number of hydrogen-bond donors (Lipinski definition) is 1. The Balaban J connectivity index is 1.62. The van der Waals surface area contributed by atoms with Gasteiger partial charge in [-0.05, 0) is 48.0 Å². The second-order valence-electron chi connectivity index (χ2n) is 5.29. The quantitative estimate of drug-likeness (QED) is 0.775. The van der Waals surface area contributed by atoms with E-state index in [0.717, 1.165) is 5.56 Å². The molecular formula is C20H15N3O2. The lowest BCUT2D eigenvalue weighted by molar-refractivity contribution is 0.0951. The maximum absolute atomic E-state index is 12.2. The minimum atomic E-state index is -0.194. The van der Waals surface area contributed by atoms with Gasteiger partial charge in [0.2, 0.25) is 5.88 Å². The highest BCUT2D eigenvalue weighted by atomic mass is 16.5. The van der Waals surface area contributed by atoms with Gasteiger partial charge in [-0.2, -0.15) is 5.26 Å². The first-order chi connectivity index (χ1) is 12.2. The number of carbonyl (C=O) groups excluding carboxylic acids is 1. The second kappa shape index (κ2) is 7.75. The molecule has 2 aromatic carbocycles. The van der Waals surface area contributed by atoms with Crippen molar-refractivity contribution in [2.45, 2.75) is 6.54 Å². The van der Waals surface area contributed by atoms with E-state index in [2.05, 4.69) is 10.3 Å². The van der Waals surface area contributed by atoms with Crippen LogP contribution in [0.1, 0.15) is 21.5 Å². The van der Waals surface area contributed by atoms with Crippen molar-refractivity contribution >= 4 is 5.91 Å². The lowest BCUT2D eigenvalue weighted by Gasteiger charge is -2.08. The first-order valence-corrected chi connectivity index (χ1v) is 7.71. The summed E-state index contributed by atoms with van der Waals surface area (Å²) in [5, 5.41) is 11.6. The van der Waals surface area contributed by atoms with Gasteiger partial charge in [0.15, 0.2) is 0 Å². The summed E-state index contributed by atoms with van der Waals surface area (Å²) in [7, 11) is 0. The Morgan fingerprint density at radius 2 is 1.92 bits per heavy atom. The van der Waals surface area contributed by atoms with E-state index in [9.17, 15) is 4.79 Å². The van der Waals surface area contributed by atoms with Crippen LogP contribution < -0.4 is 10.1 Å². The van der Waals surface area contributed by atoms with Crippen molar-refractivity contribution in [3.05, 3.63) is 89.6 Å². The molecule has 0 atom stereocenters. The fourth-order valence-electron chi connectivity index (χ4n) is 2.23. The molecular weight excluding hydrogens is 314 g/mol. The van der Waals surface area contributed by atoms with Crippen LogP contribution in [0.4, 0.5) is 0 Å². The molecule has 0 aliphatic rings. The molecule has 1 N–H and O–H groups in total. The molecule has 5 heteroatoms. The van der Waals surface area contributed by atoms with E-state index >= 15 is 0 Å². The molecule has 1 aromatic heterocycles. The van der Waals surface area contributed by atoms with Crippen molar-refractivity contribution < 1.29 is 9.53 Å². The number of aromatic nitrogens is 1. The minimum Gasteiger partial charge on any atom is -0.439 e. The number of carbonyl (C=O) groups is 1. The number of nitrogens with zero attached hydrogens (tertiary/aromatic N) is 2. The van der Waals surface area contributed by atoms with Crippen LogP contribution in [0.15, 0.2) is 72.9 Å². The van der Waals surface area contributed by atoms with Gasteiger partial charge in [0.25, 0.3) is 5.91 Å². The van der Waals surface area contributed by atoms with Crippen LogP contribution in [0.25, 0.3) is 0 Å². The summed E-state index contributed by atoms with van der Waals surface area (Å²) in [6.45, 7) is 0.373. The number of nitrogens with one attached hydrogen (secondary N) is 1. The average Bonchev–Trinajstić information content (AvgIpc) is 2.67. The van der Waals surface area contributed by atoms with Crippen LogP contribution >= 0.6 is 0 Å². The van der Waals surface area contributed by atoms with Crippen molar-refractivity contribution in [3.63, 3.8) is 0 Å². The molecule has 0 radical (unpaired) electrons. The third-order valence-corrected chi connectivity index (χ3v) is 3.49. The third-order valence-electron chi connectivity index (χ3n) is 3.49. The van der Waals surface area contributed by atoms with Crippen molar-refractivity contribution in [3.8, 4) is 17.7 Å². The van der Waals surface area contributed by atoms with Crippen molar-refractivity contribution in [2.75, 3.05) is 0 Å². The fourth-order valence-corrected chi connectivity index (χ4v) is 2.23. The Labute approximate surface area is 145 Å². The lowest BCUT2D eigenvalue weighted by atomic mass is 10.1. The van der Waals surface area contributed by atoms with E-state index in [1.165, 1.54) is 0 Å². The van der Waals surface area contributed by atoms with E-state index in [1.54, 1.807) is 36.5 Å². The van der Waals surface area contributed by atoms with Crippen LogP contribution in [0.3, 0.4) is 0 Å². The monoisotopic (exact) mass is 329 g/mol. The topological polar surface area (TPSA) is 75.0 Å². The maximum atomic E-state index is 12.2. The Bertz CT molecular complexity index is 900. The van der Waals surface area contributed by atoms with Crippen molar-refractivity contribution in [2.24, 2.45) is 0 Å². The SMILES string of the molecule is N#Cc1ccc(C(=O)NCc2cccc(Oc3ccccn3)c2)cc1. The van der Waals surface area contributed by atoms with Gasteiger partial charge in [0, 0.05) is 24.4 Å². The highest BCUT2D eigenvalue weighted by Gasteiger charge is 2.06. The molecule has 0 aliphatic heterocycles. The number of pyridine rings is 1. The molecule has 0 aliphatic carbocycles. The molecule has 0 unspecified atom stereocenters. The first kappa shape index (κ1) is 16.2. The second-order valence-corrected chi connectivity index (χ2v) is 5.29. The van der Waals surface area contributed by atoms with Crippen LogP contribution in [0, 0.1) is 11.3 Å². The molecule has 1 amide bonds. The summed E-state index contributed by atoms with van der Waals surface area (Å²) in [6.07, 6.45) is 1.66. The smallest absolute Gasteiger partial charge is 0.251 e. The van der Waals surface area contributed by atoms with Gasteiger partial charge in [0.05, 0.1) is 11.6 Å². The van der Waals surface area contributed by atoms with Crippen LogP contribution in [-0.4, -0.2) is 10.9 Å². The van der Waals surface area contributed by atoms with Crippen LogP contribution in [0.5, 0.6) is 11.6 Å². The summed E-state index contributed by atoms with van der Waals surface area (Å²) >= 11 is 0. The zero-order valence-corrected chi connectivity index (χ0v) is 13.3. The number of rotatable bonds is 5. The zero-order valence-electron chi connectivity index (χ0n) is 13.3. The maximum Gasteiger partial charge on any atom is 0.251 e. The van der Waals surface area contributed by atoms with Gasteiger partial charge in [-0.1, -0.05) is 18.2 Å². The van der Waals surface area contributed by atoms with Gasteiger partial charge < -0.3 is 10.1 Å². The first-order valence-electron chi connectivity index (χ1n) is 7.71. The standard InChI is InChI=1S/C20H15N3O2/c21-13-15-7-9-17(10-8-15)20(24)23-14-16-4-3-5-18(12-16)25-19-6-1-2-11-22-19/h1-12H,14H2,(H,23,24). The number of hydrogen-bond acceptors (Lipinski definition) is 4. The largest absolute Gasteiger partial charge is 0.439 e. The van der Waals surface area contributed by atoms with Gasteiger partial charge in [-0.15, -0.1) is 0 Å². The zero-order chi connectivity index (χ0) is 17.5. The molecule has 122 valence electrons. The lowest BCUT2D eigenvalue weighted by Crippen LogP contribution is -2.22. The highest BCUT2D eigenvalue weighted by molar-refractivity contribution is 5.94. The van der Waals surface area contributed by atoms with E-state index in [1.807, 2.05) is 42.5 Å². The Kier molecular flexibility index (Phi) is 5.03. The molecule has 0 fully saturated rings. The molecule has 0 saturated heterocycles. The Morgan fingerprint density at radius 1 is 1.08 bits per heavy atom. The van der Waals surface area contributed by atoms with E-state index in [0.29, 0.717) is 29.3 Å². The number of benzene rings is 2. The fraction of sp³-hybridized carbons (Fsp3) is 0.0500. The average molecular weight is 329 g/mol. The molecule has 3 rings (SSSR count). The van der Waals surface area contributed by atoms with E-state index in [-0.39, 0.29) is 5.91 Å². The minimum absolute atomic E-state index is 0.194. The van der Waals surface area contributed by atoms with Gasteiger partial charge in [-0.3, -0.25) is 4.79 Å². The van der Waals surface area contributed by atoms with Crippen molar-refractivity contribution in [1.29, 1.82) is 5.26 Å². The summed E-state index contributed by atoms with van der Waals surface area (Å²) in [5.74, 6) is 0.977. The number of nitriles is 1. The number of amides is 1. The van der Waals surface area contributed by atoms with Crippen LogP contribution in [-0.2, 0) is 6.54 Å².